The highest BCUT2D eigenvalue weighted by molar-refractivity contribution is 9.11. The third kappa shape index (κ3) is 4.83. The fourth-order valence-corrected chi connectivity index (χ4v) is 2.73. The summed E-state index contributed by atoms with van der Waals surface area (Å²) >= 11 is 4.91. The lowest BCUT2D eigenvalue weighted by Gasteiger charge is -2.23. The average Bonchev–Trinajstić information content (AvgIpc) is 2.70. The van der Waals surface area contributed by atoms with Crippen molar-refractivity contribution in [2.75, 3.05) is 7.05 Å². The third-order valence-electron chi connectivity index (χ3n) is 2.60. The molecule has 0 spiro atoms. The van der Waals surface area contributed by atoms with Crippen molar-refractivity contribution < 1.29 is 14.7 Å². The Labute approximate surface area is 124 Å². The lowest BCUT2D eigenvalue weighted by molar-refractivity contribution is -0.140. The van der Waals surface area contributed by atoms with Crippen LogP contribution in [-0.2, 0) is 11.3 Å². The zero-order valence-electron chi connectivity index (χ0n) is 11.0. The average molecular weight is 349 g/mol. The van der Waals surface area contributed by atoms with E-state index in [1.807, 2.05) is 11.4 Å². The van der Waals surface area contributed by atoms with Gasteiger partial charge < -0.3 is 15.3 Å². The van der Waals surface area contributed by atoms with Crippen molar-refractivity contribution in [3.63, 3.8) is 0 Å². The number of amides is 2. The fourth-order valence-electron chi connectivity index (χ4n) is 1.53. The highest BCUT2D eigenvalue weighted by Gasteiger charge is 2.24. The van der Waals surface area contributed by atoms with Gasteiger partial charge >= 0.3 is 12.0 Å². The van der Waals surface area contributed by atoms with Crippen molar-refractivity contribution in [3.8, 4) is 0 Å². The summed E-state index contributed by atoms with van der Waals surface area (Å²) in [5.41, 5.74) is 1.01. The number of carboxylic acids is 1. The van der Waals surface area contributed by atoms with E-state index in [-0.39, 0.29) is 11.9 Å². The number of thiophene rings is 1. The Balaban J connectivity index is 2.59. The normalized spacial score (nSPS) is 12.3. The quantitative estimate of drug-likeness (QED) is 0.859. The van der Waals surface area contributed by atoms with Crippen molar-refractivity contribution in [1.29, 1.82) is 0 Å². The molecule has 1 aromatic rings. The van der Waals surface area contributed by atoms with E-state index in [0.717, 1.165) is 9.35 Å². The van der Waals surface area contributed by atoms with E-state index >= 15 is 0 Å². The standard InChI is InChI=1S/C12H17BrN2O3S/c1-7(2)10(11(16)17)14-12(18)15(3)5-8-4-9(13)19-6-8/h4,6-7,10H,5H2,1-3H3,(H,14,18)(H,16,17)/t10-/m1/s1. The number of nitrogens with one attached hydrogen (secondary N) is 1. The number of hydrogen-bond acceptors (Lipinski definition) is 3. The summed E-state index contributed by atoms with van der Waals surface area (Å²) in [6, 6.07) is 0.679. The number of carbonyl (C=O) groups is 2. The molecule has 2 N–H and O–H groups in total. The Morgan fingerprint density at radius 1 is 1.53 bits per heavy atom. The summed E-state index contributed by atoms with van der Waals surface area (Å²) in [7, 11) is 1.64. The lowest BCUT2D eigenvalue weighted by atomic mass is 10.1. The number of urea groups is 1. The van der Waals surface area contributed by atoms with E-state index in [1.165, 1.54) is 4.90 Å². The van der Waals surface area contributed by atoms with Gasteiger partial charge in [0.2, 0.25) is 0 Å². The van der Waals surface area contributed by atoms with Gasteiger partial charge in [-0.1, -0.05) is 13.8 Å². The highest BCUT2D eigenvalue weighted by atomic mass is 79.9. The predicted molar refractivity (Wildman–Crippen MR) is 78.3 cm³/mol. The Bertz CT molecular complexity index is 462. The number of carbonyl (C=O) groups excluding carboxylic acids is 1. The van der Waals surface area contributed by atoms with Gasteiger partial charge in [0.1, 0.15) is 6.04 Å². The Morgan fingerprint density at radius 3 is 2.58 bits per heavy atom. The molecule has 0 fully saturated rings. The Hall–Kier alpha value is -1.08. The summed E-state index contributed by atoms with van der Waals surface area (Å²) < 4.78 is 1.00. The zero-order chi connectivity index (χ0) is 14.6. The molecule has 0 aliphatic rings. The van der Waals surface area contributed by atoms with Gasteiger partial charge in [0.25, 0.3) is 0 Å². The molecule has 19 heavy (non-hydrogen) atoms. The topological polar surface area (TPSA) is 69.6 Å². The van der Waals surface area contributed by atoms with Crippen molar-refractivity contribution in [2.24, 2.45) is 5.92 Å². The molecule has 0 radical (unpaired) electrons. The third-order valence-corrected chi connectivity index (χ3v) is 4.15. The Morgan fingerprint density at radius 2 is 2.16 bits per heavy atom. The van der Waals surface area contributed by atoms with Gasteiger partial charge in [-0.2, -0.15) is 0 Å². The van der Waals surface area contributed by atoms with Crippen LogP contribution in [0.15, 0.2) is 15.2 Å². The number of hydrogen-bond donors (Lipinski definition) is 2. The number of halogens is 1. The predicted octanol–water partition coefficient (Wildman–Crippen LogP) is 2.76. The molecule has 106 valence electrons. The molecule has 1 rings (SSSR count). The second-order valence-electron chi connectivity index (χ2n) is 4.62. The summed E-state index contributed by atoms with van der Waals surface area (Å²) in [6.07, 6.45) is 0. The summed E-state index contributed by atoms with van der Waals surface area (Å²) in [4.78, 5) is 24.4. The monoisotopic (exact) mass is 348 g/mol. The van der Waals surface area contributed by atoms with Gasteiger partial charge in [-0.3, -0.25) is 0 Å². The Kier molecular flexibility index (Phi) is 5.81. The minimum Gasteiger partial charge on any atom is -0.480 e. The molecular weight excluding hydrogens is 332 g/mol. The summed E-state index contributed by atoms with van der Waals surface area (Å²) in [5, 5.41) is 13.5. The molecule has 0 aromatic carbocycles. The minimum atomic E-state index is -1.02. The van der Waals surface area contributed by atoms with Crippen molar-refractivity contribution in [2.45, 2.75) is 26.4 Å². The van der Waals surface area contributed by atoms with Crippen LogP contribution in [0.2, 0.25) is 0 Å². The second-order valence-corrected chi connectivity index (χ2v) is 6.92. The zero-order valence-corrected chi connectivity index (χ0v) is 13.4. The van der Waals surface area contributed by atoms with Gasteiger partial charge in [-0.05, 0) is 38.9 Å². The van der Waals surface area contributed by atoms with Crippen LogP contribution in [0.25, 0.3) is 0 Å². The maximum absolute atomic E-state index is 11.9. The maximum Gasteiger partial charge on any atom is 0.326 e. The smallest absolute Gasteiger partial charge is 0.326 e. The largest absolute Gasteiger partial charge is 0.480 e. The highest BCUT2D eigenvalue weighted by Crippen LogP contribution is 2.21. The molecule has 0 bridgehead atoms. The van der Waals surface area contributed by atoms with Crippen LogP contribution in [0, 0.1) is 5.92 Å². The molecular formula is C12H17BrN2O3S. The fraction of sp³-hybridized carbons (Fsp3) is 0.500. The molecule has 0 saturated heterocycles. The molecule has 1 atom stereocenters. The number of aliphatic carboxylic acids is 1. The molecule has 7 heteroatoms. The van der Waals surface area contributed by atoms with E-state index in [1.54, 1.807) is 32.2 Å². The number of carboxylic acid groups (broad SMARTS) is 1. The van der Waals surface area contributed by atoms with Crippen LogP contribution >= 0.6 is 27.3 Å². The van der Waals surface area contributed by atoms with Crippen molar-refractivity contribution >= 4 is 39.3 Å². The summed E-state index contributed by atoms with van der Waals surface area (Å²) in [6.45, 7) is 3.96. The van der Waals surface area contributed by atoms with Crippen LogP contribution in [0.4, 0.5) is 4.79 Å². The van der Waals surface area contributed by atoms with Crippen LogP contribution in [0.5, 0.6) is 0 Å². The molecule has 0 aliphatic heterocycles. The van der Waals surface area contributed by atoms with E-state index < -0.39 is 12.0 Å². The molecule has 1 heterocycles. The van der Waals surface area contributed by atoms with Crippen molar-refractivity contribution in [3.05, 3.63) is 20.8 Å². The van der Waals surface area contributed by atoms with Crippen LogP contribution < -0.4 is 5.32 Å². The molecule has 0 aliphatic carbocycles. The van der Waals surface area contributed by atoms with E-state index in [0.29, 0.717) is 6.54 Å². The first-order valence-electron chi connectivity index (χ1n) is 5.78. The van der Waals surface area contributed by atoms with Gasteiger partial charge in [0.15, 0.2) is 0 Å². The first-order valence-corrected chi connectivity index (χ1v) is 7.46. The van der Waals surface area contributed by atoms with Gasteiger partial charge in [-0.25, -0.2) is 9.59 Å². The number of rotatable bonds is 5. The molecule has 5 nitrogen and oxygen atoms in total. The summed E-state index contributed by atoms with van der Waals surface area (Å²) in [5.74, 6) is -1.18. The SMILES string of the molecule is CC(C)[C@@H](NC(=O)N(C)Cc1csc(Br)c1)C(=O)O. The first-order chi connectivity index (χ1) is 8.81. The molecule has 2 amide bonds. The van der Waals surface area contributed by atoms with Gasteiger partial charge in [0, 0.05) is 13.6 Å². The molecule has 0 saturated carbocycles. The van der Waals surface area contributed by atoms with E-state index in [9.17, 15) is 9.59 Å². The lowest BCUT2D eigenvalue weighted by Crippen LogP contribution is -2.48. The van der Waals surface area contributed by atoms with E-state index in [4.69, 9.17) is 5.11 Å². The van der Waals surface area contributed by atoms with Crippen molar-refractivity contribution in [1.82, 2.24) is 10.2 Å². The number of nitrogens with zero attached hydrogens (tertiary/aromatic N) is 1. The minimum absolute atomic E-state index is 0.162. The first kappa shape index (κ1) is 16.0. The molecule has 0 unspecified atom stereocenters. The molecule has 1 aromatic heterocycles. The van der Waals surface area contributed by atoms with Gasteiger partial charge in [-0.15, -0.1) is 11.3 Å². The van der Waals surface area contributed by atoms with Crippen LogP contribution in [-0.4, -0.2) is 35.1 Å². The van der Waals surface area contributed by atoms with Crippen LogP contribution in [0.3, 0.4) is 0 Å². The van der Waals surface area contributed by atoms with E-state index in [2.05, 4.69) is 21.2 Å². The van der Waals surface area contributed by atoms with Crippen LogP contribution in [0.1, 0.15) is 19.4 Å². The second kappa shape index (κ2) is 6.91. The maximum atomic E-state index is 11.9. The van der Waals surface area contributed by atoms with Gasteiger partial charge in [0.05, 0.1) is 3.79 Å².